The van der Waals surface area contributed by atoms with E-state index in [4.69, 9.17) is 23.2 Å². The van der Waals surface area contributed by atoms with E-state index in [1.54, 1.807) is 31.2 Å². The van der Waals surface area contributed by atoms with Gasteiger partial charge in [-0.15, -0.1) is 0 Å². The summed E-state index contributed by atoms with van der Waals surface area (Å²) in [6, 6.07) is 10.2. The fourth-order valence-electron chi connectivity index (χ4n) is 2.67. The van der Waals surface area contributed by atoms with E-state index in [9.17, 15) is 19.2 Å². The molecule has 10 heteroatoms. The third kappa shape index (κ3) is 4.28. The topological polar surface area (TPSA) is 108 Å². The molecule has 1 saturated heterocycles. The fourth-order valence-corrected chi connectivity index (χ4v) is 3.16. The molecule has 1 aliphatic heterocycles. The largest absolute Gasteiger partial charge is 0.335 e. The van der Waals surface area contributed by atoms with E-state index in [1.807, 2.05) is 0 Å². The SMILES string of the molecule is Cc1ccccc1N1C(=O)NC(=O)[C@H](/C=N\NC(=O)c2ccc(Cl)cc2Cl)C1=O. The highest BCUT2D eigenvalue weighted by Gasteiger charge is 2.41. The Morgan fingerprint density at radius 3 is 2.59 bits per heavy atom. The predicted octanol–water partition coefficient (Wildman–Crippen LogP) is 2.92. The van der Waals surface area contributed by atoms with E-state index in [0.717, 1.165) is 11.1 Å². The van der Waals surface area contributed by atoms with Crippen LogP contribution in [0.2, 0.25) is 10.0 Å². The van der Waals surface area contributed by atoms with Gasteiger partial charge in [0.25, 0.3) is 11.8 Å². The molecular weight excluding hydrogens is 419 g/mol. The molecule has 148 valence electrons. The average Bonchev–Trinajstić information content (AvgIpc) is 2.65. The molecule has 5 amide bonds. The Kier molecular flexibility index (Phi) is 5.95. The molecule has 2 N–H and O–H groups in total. The van der Waals surface area contributed by atoms with E-state index in [-0.39, 0.29) is 10.6 Å². The van der Waals surface area contributed by atoms with E-state index in [1.165, 1.54) is 18.2 Å². The van der Waals surface area contributed by atoms with Crippen LogP contribution in [0.3, 0.4) is 0 Å². The second-order valence-corrected chi connectivity index (χ2v) is 6.92. The second kappa shape index (κ2) is 8.42. The molecule has 0 saturated carbocycles. The van der Waals surface area contributed by atoms with Gasteiger partial charge < -0.3 is 0 Å². The molecule has 0 aromatic heterocycles. The smallest absolute Gasteiger partial charge is 0.276 e. The predicted molar refractivity (Wildman–Crippen MR) is 108 cm³/mol. The minimum Gasteiger partial charge on any atom is -0.276 e. The Bertz CT molecular complexity index is 1050. The number of hydrazone groups is 1. The van der Waals surface area contributed by atoms with Gasteiger partial charge in [0.05, 0.1) is 16.3 Å². The number of rotatable bonds is 4. The first-order valence-electron chi connectivity index (χ1n) is 8.32. The summed E-state index contributed by atoms with van der Waals surface area (Å²) in [6.45, 7) is 1.73. The average molecular weight is 433 g/mol. The van der Waals surface area contributed by atoms with Crippen molar-refractivity contribution in [2.75, 3.05) is 4.90 Å². The molecule has 1 heterocycles. The maximum Gasteiger partial charge on any atom is 0.335 e. The number of hydrogen-bond acceptors (Lipinski definition) is 5. The molecule has 0 aliphatic carbocycles. The van der Waals surface area contributed by atoms with Crippen molar-refractivity contribution in [3.63, 3.8) is 0 Å². The van der Waals surface area contributed by atoms with E-state index >= 15 is 0 Å². The highest BCUT2D eigenvalue weighted by molar-refractivity contribution is 6.37. The van der Waals surface area contributed by atoms with Gasteiger partial charge in [-0.25, -0.2) is 15.1 Å². The van der Waals surface area contributed by atoms with Crippen molar-refractivity contribution in [3.8, 4) is 0 Å². The number of nitrogens with zero attached hydrogens (tertiary/aromatic N) is 2. The molecule has 3 rings (SSSR count). The molecule has 0 radical (unpaired) electrons. The van der Waals surface area contributed by atoms with Crippen LogP contribution >= 0.6 is 23.2 Å². The molecular formula is C19H14Cl2N4O4. The number of carbonyl (C=O) groups is 4. The minimum atomic E-state index is -1.40. The number of aryl methyl sites for hydroxylation is 1. The summed E-state index contributed by atoms with van der Waals surface area (Å²) >= 11 is 11.7. The molecule has 8 nitrogen and oxygen atoms in total. The Morgan fingerprint density at radius 2 is 1.90 bits per heavy atom. The van der Waals surface area contributed by atoms with Crippen LogP contribution in [0, 0.1) is 12.8 Å². The second-order valence-electron chi connectivity index (χ2n) is 6.08. The van der Waals surface area contributed by atoms with Gasteiger partial charge in [-0.3, -0.25) is 19.7 Å². The first kappa shape index (κ1) is 20.5. The van der Waals surface area contributed by atoms with Crippen molar-refractivity contribution < 1.29 is 19.2 Å². The third-order valence-electron chi connectivity index (χ3n) is 4.12. The monoisotopic (exact) mass is 432 g/mol. The molecule has 1 fully saturated rings. The summed E-state index contributed by atoms with van der Waals surface area (Å²) < 4.78 is 0. The third-order valence-corrected chi connectivity index (χ3v) is 4.67. The molecule has 2 aromatic carbocycles. The van der Waals surface area contributed by atoms with Gasteiger partial charge in [0, 0.05) is 11.2 Å². The lowest BCUT2D eigenvalue weighted by Crippen LogP contribution is -2.59. The minimum absolute atomic E-state index is 0.115. The Hall–Kier alpha value is -3.23. The van der Waals surface area contributed by atoms with Crippen molar-refractivity contribution >= 4 is 58.9 Å². The van der Waals surface area contributed by atoms with Crippen LogP contribution in [0.5, 0.6) is 0 Å². The number of carbonyl (C=O) groups excluding carboxylic acids is 4. The molecule has 0 unspecified atom stereocenters. The maximum absolute atomic E-state index is 12.7. The lowest BCUT2D eigenvalue weighted by molar-refractivity contribution is -0.131. The van der Waals surface area contributed by atoms with E-state index < -0.39 is 29.7 Å². The number of nitrogens with one attached hydrogen (secondary N) is 2. The van der Waals surface area contributed by atoms with Crippen molar-refractivity contribution in [3.05, 3.63) is 63.6 Å². The van der Waals surface area contributed by atoms with E-state index in [0.29, 0.717) is 16.3 Å². The molecule has 1 aliphatic rings. The fraction of sp³-hybridized carbons (Fsp3) is 0.105. The van der Waals surface area contributed by atoms with Crippen LogP contribution in [-0.4, -0.2) is 30.0 Å². The molecule has 29 heavy (non-hydrogen) atoms. The van der Waals surface area contributed by atoms with Crippen molar-refractivity contribution in [1.29, 1.82) is 0 Å². The van der Waals surface area contributed by atoms with E-state index in [2.05, 4.69) is 15.8 Å². The van der Waals surface area contributed by atoms with Crippen LogP contribution in [0.4, 0.5) is 10.5 Å². The van der Waals surface area contributed by atoms with Gasteiger partial charge in [0.2, 0.25) is 5.91 Å². The van der Waals surface area contributed by atoms with Crippen LogP contribution in [-0.2, 0) is 9.59 Å². The number of amides is 5. The lowest BCUT2D eigenvalue weighted by Gasteiger charge is -2.29. The summed E-state index contributed by atoms with van der Waals surface area (Å²) in [5.41, 5.74) is 3.33. The molecule has 0 bridgehead atoms. The number of para-hydroxylation sites is 1. The zero-order valence-electron chi connectivity index (χ0n) is 15.0. The number of imide groups is 2. The van der Waals surface area contributed by atoms with Gasteiger partial charge in [0.1, 0.15) is 0 Å². The first-order valence-corrected chi connectivity index (χ1v) is 9.08. The first-order chi connectivity index (χ1) is 13.8. The van der Waals surface area contributed by atoms with Crippen LogP contribution in [0.1, 0.15) is 15.9 Å². The van der Waals surface area contributed by atoms with Crippen molar-refractivity contribution in [2.45, 2.75) is 6.92 Å². The number of barbiturate groups is 1. The Labute approximate surface area is 175 Å². The highest BCUT2D eigenvalue weighted by Crippen LogP contribution is 2.24. The zero-order chi connectivity index (χ0) is 21.1. The van der Waals surface area contributed by atoms with Crippen molar-refractivity contribution in [2.24, 2.45) is 11.0 Å². The van der Waals surface area contributed by atoms with Gasteiger partial charge >= 0.3 is 6.03 Å². The molecule has 1 atom stereocenters. The number of anilines is 1. The van der Waals surface area contributed by atoms with Crippen LogP contribution in [0.25, 0.3) is 0 Å². The zero-order valence-corrected chi connectivity index (χ0v) is 16.5. The Balaban J connectivity index is 1.78. The summed E-state index contributed by atoms with van der Waals surface area (Å²) in [7, 11) is 0. The van der Waals surface area contributed by atoms with Gasteiger partial charge in [-0.2, -0.15) is 5.10 Å². The number of halogens is 2. The normalized spacial score (nSPS) is 16.9. The number of benzene rings is 2. The summed E-state index contributed by atoms with van der Waals surface area (Å²) in [5.74, 6) is -3.67. The maximum atomic E-state index is 12.7. The summed E-state index contributed by atoms with van der Waals surface area (Å²) in [5, 5.41) is 6.26. The number of urea groups is 1. The Morgan fingerprint density at radius 1 is 1.17 bits per heavy atom. The highest BCUT2D eigenvalue weighted by atomic mass is 35.5. The van der Waals surface area contributed by atoms with Crippen molar-refractivity contribution in [1.82, 2.24) is 10.7 Å². The standard InChI is InChI=1S/C19H14Cl2N4O4/c1-10-4-2-3-5-15(10)25-18(28)13(16(26)23-19(25)29)9-22-24-17(27)12-7-6-11(20)8-14(12)21/h2-9,13H,1H3,(H,24,27)(H,23,26,29)/b22-9-/t13-/m0/s1. The van der Waals surface area contributed by atoms with Gasteiger partial charge in [-0.1, -0.05) is 41.4 Å². The number of hydrogen-bond donors (Lipinski definition) is 2. The summed E-state index contributed by atoms with van der Waals surface area (Å²) in [6.07, 6.45) is 0.955. The van der Waals surface area contributed by atoms with Gasteiger partial charge in [-0.05, 0) is 36.8 Å². The summed E-state index contributed by atoms with van der Waals surface area (Å²) in [4.78, 5) is 50.0. The molecule has 0 spiro atoms. The van der Waals surface area contributed by atoms with Crippen LogP contribution in [0.15, 0.2) is 47.6 Å². The van der Waals surface area contributed by atoms with Crippen LogP contribution < -0.4 is 15.6 Å². The quantitative estimate of drug-likeness (QED) is 0.439. The lowest BCUT2D eigenvalue weighted by atomic mass is 10.0. The van der Waals surface area contributed by atoms with Gasteiger partial charge in [0.15, 0.2) is 5.92 Å². The molecule has 2 aromatic rings.